The fraction of sp³-hybridized carbons (Fsp3) is 0.357. The van der Waals surface area contributed by atoms with Crippen molar-refractivity contribution < 1.29 is 4.79 Å². The molecular weight excluding hydrogens is 198 g/mol. The first-order valence-electron chi connectivity index (χ1n) is 5.49. The van der Waals surface area contributed by atoms with Crippen LogP contribution in [0.4, 0.5) is 0 Å². The number of likely N-dealkylation sites (tertiary alicyclic amines) is 1. The fourth-order valence-corrected chi connectivity index (χ4v) is 2.03. The van der Waals surface area contributed by atoms with Gasteiger partial charge in [0.15, 0.2) is 0 Å². The van der Waals surface area contributed by atoms with Crippen molar-refractivity contribution >= 4 is 5.91 Å². The third kappa shape index (κ3) is 2.09. The quantitative estimate of drug-likeness (QED) is 0.688. The normalized spacial score (nSPS) is 19.9. The second-order valence-corrected chi connectivity index (χ2v) is 4.27. The van der Waals surface area contributed by atoms with E-state index in [1.807, 2.05) is 17.0 Å². The predicted octanol–water partition coefficient (Wildman–Crippen LogP) is 1.98. The molecule has 82 valence electrons. The summed E-state index contributed by atoms with van der Waals surface area (Å²) in [6.07, 6.45) is 5.86. The Balaban J connectivity index is 2.09. The van der Waals surface area contributed by atoms with Crippen LogP contribution in [0.15, 0.2) is 24.3 Å². The molecule has 16 heavy (non-hydrogen) atoms. The highest BCUT2D eigenvalue weighted by atomic mass is 16.2. The second-order valence-electron chi connectivity index (χ2n) is 4.27. The van der Waals surface area contributed by atoms with Crippen molar-refractivity contribution in [1.82, 2.24) is 4.90 Å². The van der Waals surface area contributed by atoms with Gasteiger partial charge in [-0.2, -0.15) is 0 Å². The number of carbonyl (C=O) groups excluding carboxylic acids is 1. The van der Waals surface area contributed by atoms with E-state index >= 15 is 0 Å². The number of nitrogens with zero attached hydrogens (tertiary/aromatic N) is 1. The Morgan fingerprint density at radius 1 is 1.50 bits per heavy atom. The summed E-state index contributed by atoms with van der Waals surface area (Å²) in [6, 6.07) is 8.14. The van der Waals surface area contributed by atoms with E-state index in [2.05, 4.69) is 25.0 Å². The number of benzene rings is 1. The Morgan fingerprint density at radius 3 is 2.88 bits per heavy atom. The van der Waals surface area contributed by atoms with E-state index in [0.29, 0.717) is 19.5 Å². The number of hydrogen-bond acceptors (Lipinski definition) is 1. The molecule has 1 fully saturated rings. The van der Waals surface area contributed by atoms with Crippen molar-refractivity contribution in [3.8, 4) is 12.3 Å². The average Bonchev–Trinajstić information content (AvgIpc) is 2.63. The first-order valence-corrected chi connectivity index (χ1v) is 5.49. The first-order chi connectivity index (χ1) is 7.70. The van der Waals surface area contributed by atoms with E-state index in [1.165, 1.54) is 11.1 Å². The molecule has 2 heteroatoms. The third-order valence-electron chi connectivity index (χ3n) is 3.07. The number of carbonyl (C=O) groups is 1. The molecule has 1 saturated heterocycles. The van der Waals surface area contributed by atoms with Gasteiger partial charge in [-0.25, -0.2) is 0 Å². The summed E-state index contributed by atoms with van der Waals surface area (Å²) < 4.78 is 0. The fourth-order valence-electron chi connectivity index (χ4n) is 2.03. The summed E-state index contributed by atoms with van der Waals surface area (Å²) >= 11 is 0. The summed E-state index contributed by atoms with van der Waals surface area (Å²) in [7, 11) is 0. The maximum Gasteiger partial charge on any atom is 0.224 e. The molecule has 1 amide bonds. The molecule has 0 bridgehead atoms. The first kappa shape index (κ1) is 10.8. The van der Waals surface area contributed by atoms with Gasteiger partial charge in [-0.3, -0.25) is 4.79 Å². The highest BCUT2D eigenvalue weighted by Gasteiger charge is 2.28. The van der Waals surface area contributed by atoms with Crippen molar-refractivity contribution in [3.05, 3.63) is 35.4 Å². The van der Waals surface area contributed by atoms with Gasteiger partial charge < -0.3 is 4.90 Å². The van der Waals surface area contributed by atoms with E-state index in [4.69, 9.17) is 6.42 Å². The molecular formula is C14H15NO. The van der Waals surface area contributed by atoms with Gasteiger partial charge in [0, 0.05) is 25.4 Å². The zero-order valence-electron chi connectivity index (χ0n) is 9.44. The molecule has 1 atom stereocenters. The summed E-state index contributed by atoms with van der Waals surface area (Å²) in [6.45, 7) is 3.45. The molecule has 0 spiro atoms. The topological polar surface area (TPSA) is 20.3 Å². The lowest BCUT2D eigenvalue weighted by molar-refractivity contribution is -0.128. The molecule has 2 nitrogen and oxygen atoms in total. The summed E-state index contributed by atoms with van der Waals surface area (Å²) in [4.78, 5) is 13.5. The van der Waals surface area contributed by atoms with Crippen molar-refractivity contribution in [1.29, 1.82) is 0 Å². The minimum absolute atomic E-state index is 0.0940. The van der Waals surface area contributed by atoms with Crippen LogP contribution in [0.3, 0.4) is 0 Å². The lowest BCUT2D eigenvalue weighted by Gasteiger charge is -2.17. The van der Waals surface area contributed by atoms with Crippen molar-refractivity contribution in [2.75, 3.05) is 6.54 Å². The van der Waals surface area contributed by atoms with Crippen LogP contribution in [0.25, 0.3) is 0 Å². The van der Waals surface area contributed by atoms with Crippen LogP contribution in [-0.4, -0.2) is 17.4 Å². The SMILES string of the molecule is C#CC1CC(=O)N(Cc2ccccc2C)C1. The van der Waals surface area contributed by atoms with Gasteiger partial charge in [-0.1, -0.05) is 24.3 Å². The predicted molar refractivity (Wildman–Crippen MR) is 63.5 cm³/mol. The Labute approximate surface area is 96.3 Å². The minimum Gasteiger partial charge on any atom is -0.337 e. The molecule has 2 rings (SSSR count). The smallest absolute Gasteiger partial charge is 0.224 e. The molecule has 1 aliphatic heterocycles. The van der Waals surface area contributed by atoms with Gasteiger partial charge in [0.2, 0.25) is 5.91 Å². The summed E-state index contributed by atoms with van der Waals surface area (Å²) in [5.41, 5.74) is 2.42. The van der Waals surface area contributed by atoms with Gasteiger partial charge in [0.05, 0.1) is 0 Å². The van der Waals surface area contributed by atoms with Crippen LogP contribution in [0, 0.1) is 25.2 Å². The molecule has 0 aliphatic carbocycles. The monoisotopic (exact) mass is 213 g/mol. The van der Waals surface area contributed by atoms with Crippen LogP contribution in [0.1, 0.15) is 17.5 Å². The number of rotatable bonds is 2. The molecule has 1 heterocycles. The lowest BCUT2D eigenvalue weighted by Crippen LogP contribution is -2.24. The summed E-state index contributed by atoms with van der Waals surface area (Å²) in [5, 5.41) is 0. The van der Waals surface area contributed by atoms with Crippen LogP contribution in [-0.2, 0) is 11.3 Å². The highest BCUT2D eigenvalue weighted by Crippen LogP contribution is 2.20. The molecule has 0 saturated carbocycles. The number of terminal acetylenes is 1. The Kier molecular flexibility index (Phi) is 2.96. The molecule has 1 aromatic rings. The standard InChI is InChI=1S/C14H15NO/c1-3-12-8-14(16)15(9-12)10-13-7-5-4-6-11(13)2/h1,4-7,12H,8-10H2,2H3. The molecule has 0 N–H and O–H groups in total. The van der Waals surface area contributed by atoms with Gasteiger partial charge >= 0.3 is 0 Å². The molecule has 1 aliphatic rings. The van der Waals surface area contributed by atoms with Gasteiger partial charge in [0.1, 0.15) is 0 Å². The van der Waals surface area contributed by atoms with E-state index in [1.54, 1.807) is 0 Å². The molecule has 1 aromatic carbocycles. The second kappa shape index (κ2) is 4.40. The highest BCUT2D eigenvalue weighted by molar-refractivity contribution is 5.79. The number of amides is 1. The number of hydrogen-bond donors (Lipinski definition) is 0. The van der Waals surface area contributed by atoms with Crippen molar-refractivity contribution in [2.24, 2.45) is 5.92 Å². The zero-order chi connectivity index (χ0) is 11.5. The molecule has 1 unspecified atom stereocenters. The van der Waals surface area contributed by atoms with Crippen LogP contribution < -0.4 is 0 Å². The maximum absolute atomic E-state index is 11.7. The largest absolute Gasteiger partial charge is 0.337 e. The van der Waals surface area contributed by atoms with Crippen LogP contribution in [0.2, 0.25) is 0 Å². The average molecular weight is 213 g/mol. The van der Waals surface area contributed by atoms with E-state index < -0.39 is 0 Å². The van der Waals surface area contributed by atoms with Crippen molar-refractivity contribution in [3.63, 3.8) is 0 Å². The third-order valence-corrected chi connectivity index (χ3v) is 3.07. The molecule has 0 radical (unpaired) electrons. The Hall–Kier alpha value is -1.75. The van der Waals surface area contributed by atoms with Crippen LogP contribution in [0.5, 0.6) is 0 Å². The van der Waals surface area contributed by atoms with Gasteiger partial charge in [-0.15, -0.1) is 12.3 Å². The van der Waals surface area contributed by atoms with E-state index in [-0.39, 0.29) is 11.8 Å². The van der Waals surface area contributed by atoms with Crippen LogP contribution >= 0.6 is 0 Å². The van der Waals surface area contributed by atoms with E-state index in [9.17, 15) is 4.79 Å². The zero-order valence-corrected chi connectivity index (χ0v) is 9.44. The Bertz CT molecular complexity index is 444. The Morgan fingerprint density at radius 2 is 2.25 bits per heavy atom. The molecule has 0 aromatic heterocycles. The van der Waals surface area contributed by atoms with Gasteiger partial charge in [0.25, 0.3) is 0 Å². The summed E-state index contributed by atoms with van der Waals surface area (Å²) in [5.74, 6) is 2.93. The lowest BCUT2D eigenvalue weighted by atomic mass is 10.1. The van der Waals surface area contributed by atoms with Crippen molar-refractivity contribution in [2.45, 2.75) is 19.9 Å². The van der Waals surface area contributed by atoms with E-state index in [0.717, 1.165) is 0 Å². The van der Waals surface area contributed by atoms with Gasteiger partial charge in [-0.05, 0) is 18.1 Å². The number of aryl methyl sites for hydroxylation is 1. The maximum atomic E-state index is 11.7. The minimum atomic E-state index is 0.0940.